The third-order valence-corrected chi connectivity index (χ3v) is 5.24. The number of aromatic amines is 1. The van der Waals surface area contributed by atoms with E-state index in [9.17, 15) is 24.6 Å². The largest absolute Gasteiger partial charge is 0.508 e. The molecule has 0 bridgehead atoms. The normalized spacial score (nSPS) is 13.4. The maximum atomic E-state index is 13.1. The van der Waals surface area contributed by atoms with E-state index in [4.69, 9.17) is 5.73 Å². The number of aliphatic carboxylic acids is 1. The van der Waals surface area contributed by atoms with Crippen LogP contribution in [-0.4, -0.2) is 56.1 Å². The van der Waals surface area contributed by atoms with Gasteiger partial charge in [0.1, 0.15) is 17.8 Å². The predicted molar refractivity (Wildman–Crippen MR) is 124 cm³/mol. The number of nitrogens with zero attached hydrogens (tertiary/aromatic N) is 1. The van der Waals surface area contributed by atoms with Gasteiger partial charge in [-0.3, -0.25) is 9.59 Å². The molecule has 10 heteroatoms. The minimum Gasteiger partial charge on any atom is -0.508 e. The number of phenolic OH excluding ortho intramolecular Hbond substituents is 1. The average molecular weight is 466 g/mol. The van der Waals surface area contributed by atoms with Gasteiger partial charge in [0, 0.05) is 31.2 Å². The van der Waals surface area contributed by atoms with Gasteiger partial charge in [0.15, 0.2) is 0 Å². The molecule has 1 heterocycles. The molecule has 3 atom stereocenters. The van der Waals surface area contributed by atoms with Crippen LogP contribution in [0, 0.1) is 0 Å². The van der Waals surface area contributed by atoms with Gasteiger partial charge in [-0.2, -0.15) is 0 Å². The SMILES string of the molecule is NC(Cc1cnc[nH]1)C(=O)NC(Cc1ccccc1)C(=O)NC(Cc1ccc(O)cc1)C(=O)O. The highest BCUT2D eigenvalue weighted by atomic mass is 16.4. The Labute approximate surface area is 196 Å². The number of nitrogens with two attached hydrogens (primary N) is 1. The van der Waals surface area contributed by atoms with Gasteiger partial charge in [-0.25, -0.2) is 9.78 Å². The Kier molecular flexibility index (Phi) is 8.36. The van der Waals surface area contributed by atoms with Gasteiger partial charge in [-0.1, -0.05) is 42.5 Å². The summed E-state index contributed by atoms with van der Waals surface area (Å²) in [4.78, 5) is 44.4. The first-order valence-electron chi connectivity index (χ1n) is 10.7. The highest BCUT2D eigenvalue weighted by Gasteiger charge is 2.28. The van der Waals surface area contributed by atoms with Crippen molar-refractivity contribution < 1.29 is 24.6 Å². The van der Waals surface area contributed by atoms with E-state index in [2.05, 4.69) is 20.6 Å². The number of rotatable bonds is 11. The molecule has 178 valence electrons. The first-order chi connectivity index (χ1) is 16.3. The molecule has 3 aromatic rings. The van der Waals surface area contributed by atoms with Gasteiger partial charge < -0.3 is 31.6 Å². The monoisotopic (exact) mass is 465 g/mol. The first-order valence-corrected chi connectivity index (χ1v) is 10.7. The van der Waals surface area contributed by atoms with Crippen molar-refractivity contribution in [1.29, 1.82) is 0 Å². The molecule has 0 fully saturated rings. The number of amides is 2. The van der Waals surface area contributed by atoms with E-state index in [1.165, 1.54) is 18.5 Å². The van der Waals surface area contributed by atoms with E-state index >= 15 is 0 Å². The van der Waals surface area contributed by atoms with Crippen molar-refractivity contribution in [3.05, 3.63) is 83.9 Å². The fraction of sp³-hybridized carbons (Fsp3) is 0.250. The minimum atomic E-state index is -1.23. The van der Waals surface area contributed by atoms with Crippen LogP contribution in [-0.2, 0) is 33.6 Å². The fourth-order valence-corrected chi connectivity index (χ4v) is 3.40. The Morgan fingerprint density at radius 3 is 2.12 bits per heavy atom. The number of nitrogens with one attached hydrogen (secondary N) is 3. The van der Waals surface area contributed by atoms with Crippen LogP contribution in [0.1, 0.15) is 16.8 Å². The van der Waals surface area contributed by atoms with Crippen LogP contribution in [0.4, 0.5) is 0 Å². The molecule has 0 aliphatic carbocycles. The Bertz CT molecular complexity index is 1090. The number of carbonyl (C=O) groups is 3. The van der Waals surface area contributed by atoms with Gasteiger partial charge in [0.05, 0.1) is 12.4 Å². The molecular formula is C24H27N5O5. The molecule has 0 saturated carbocycles. The molecule has 7 N–H and O–H groups in total. The molecule has 0 radical (unpaired) electrons. The predicted octanol–water partition coefficient (Wildman–Crippen LogP) is 0.525. The number of H-pyrrole nitrogens is 1. The number of imidazole rings is 1. The summed E-state index contributed by atoms with van der Waals surface area (Å²) in [6, 6.07) is 11.9. The number of carbonyl (C=O) groups excluding carboxylic acids is 2. The second-order valence-corrected chi connectivity index (χ2v) is 7.91. The summed E-state index contributed by atoms with van der Waals surface area (Å²) in [5.74, 6) is -2.35. The molecule has 34 heavy (non-hydrogen) atoms. The fourth-order valence-electron chi connectivity index (χ4n) is 3.40. The quantitative estimate of drug-likeness (QED) is 0.240. The number of benzene rings is 2. The van der Waals surface area contributed by atoms with Gasteiger partial charge in [-0.05, 0) is 23.3 Å². The standard InChI is InChI=1S/C24H27N5O5/c25-19(12-17-13-26-14-27-17)22(31)28-20(10-15-4-2-1-3-5-15)23(32)29-21(24(33)34)11-16-6-8-18(30)9-7-16/h1-9,13-14,19-21,30H,10-12,25H2,(H,26,27)(H,28,31)(H,29,32)(H,33,34). The van der Waals surface area contributed by atoms with Crippen molar-refractivity contribution in [2.24, 2.45) is 5.73 Å². The zero-order valence-electron chi connectivity index (χ0n) is 18.3. The van der Waals surface area contributed by atoms with E-state index in [1.807, 2.05) is 18.2 Å². The molecule has 1 aromatic heterocycles. The molecule has 0 saturated heterocycles. The number of carboxylic acids is 1. The van der Waals surface area contributed by atoms with E-state index in [0.717, 1.165) is 5.56 Å². The minimum absolute atomic E-state index is 0.00664. The summed E-state index contributed by atoms with van der Waals surface area (Å²) in [7, 11) is 0. The van der Waals surface area contributed by atoms with Gasteiger partial charge in [0.25, 0.3) is 0 Å². The Balaban J connectivity index is 1.72. The van der Waals surface area contributed by atoms with Gasteiger partial charge in [0.2, 0.25) is 11.8 Å². The van der Waals surface area contributed by atoms with E-state index in [-0.39, 0.29) is 25.0 Å². The number of hydrogen-bond acceptors (Lipinski definition) is 6. The average Bonchev–Trinajstić information content (AvgIpc) is 3.33. The van der Waals surface area contributed by atoms with Crippen molar-refractivity contribution >= 4 is 17.8 Å². The number of carboxylic acid groups (broad SMARTS) is 1. The van der Waals surface area contributed by atoms with Crippen LogP contribution >= 0.6 is 0 Å². The van der Waals surface area contributed by atoms with Crippen molar-refractivity contribution in [3.63, 3.8) is 0 Å². The topological polar surface area (TPSA) is 170 Å². The summed E-state index contributed by atoms with van der Waals surface area (Å²) in [6.45, 7) is 0. The first kappa shape index (κ1) is 24.5. The second kappa shape index (κ2) is 11.6. The molecule has 0 aliphatic heterocycles. The van der Waals surface area contributed by atoms with Crippen LogP contribution in [0.25, 0.3) is 0 Å². The maximum Gasteiger partial charge on any atom is 0.326 e. The van der Waals surface area contributed by atoms with Crippen molar-refractivity contribution in [2.45, 2.75) is 37.4 Å². The highest BCUT2D eigenvalue weighted by molar-refractivity contribution is 5.92. The van der Waals surface area contributed by atoms with Crippen molar-refractivity contribution in [2.75, 3.05) is 0 Å². The summed E-state index contributed by atoms with van der Waals surface area (Å²) in [5, 5.41) is 24.2. The number of aromatic hydroxyl groups is 1. The molecule has 3 rings (SSSR count). The molecular weight excluding hydrogens is 438 g/mol. The lowest BCUT2D eigenvalue weighted by molar-refractivity contribution is -0.142. The van der Waals surface area contributed by atoms with Crippen LogP contribution in [0.15, 0.2) is 67.1 Å². The van der Waals surface area contributed by atoms with Gasteiger partial charge in [-0.15, -0.1) is 0 Å². The summed E-state index contributed by atoms with van der Waals surface area (Å²) < 4.78 is 0. The lowest BCUT2D eigenvalue weighted by atomic mass is 10.0. The molecule has 2 amide bonds. The van der Waals surface area contributed by atoms with Crippen LogP contribution < -0.4 is 16.4 Å². The molecule has 2 aromatic carbocycles. The Morgan fingerprint density at radius 1 is 0.882 bits per heavy atom. The molecule has 3 unspecified atom stereocenters. The highest BCUT2D eigenvalue weighted by Crippen LogP contribution is 2.12. The second-order valence-electron chi connectivity index (χ2n) is 7.91. The zero-order valence-corrected chi connectivity index (χ0v) is 18.3. The van der Waals surface area contributed by atoms with E-state index in [0.29, 0.717) is 11.3 Å². The summed E-state index contributed by atoms with van der Waals surface area (Å²) in [6.07, 6.45) is 3.39. The van der Waals surface area contributed by atoms with Crippen LogP contribution in [0.3, 0.4) is 0 Å². The number of aromatic nitrogens is 2. The third kappa shape index (κ3) is 7.17. The van der Waals surface area contributed by atoms with Crippen molar-refractivity contribution in [3.8, 4) is 5.75 Å². The van der Waals surface area contributed by atoms with Crippen LogP contribution in [0.2, 0.25) is 0 Å². The summed E-state index contributed by atoms with van der Waals surface area (Å²) in [5.41, 5.74) is 8.09. The molecule has 10 nitrogen and oxygen atoms in total. The Morgan fingerprint density at radius 2 is 1.50 bits per heavy atom. The van der Waals surface area contributed by atoms with E-state index < -0.39 is 35.9 Å². The maximum absolute atomic E-state index is 13.1. The Hall–Kier alpha value is -4.18. The zero-order chi connectivity index (χ0) is 24.5. The molecule has 0 aliphatic rings. The smallest absolute Gasteiger partial charge is 0.326 e. The molecule has 0 spiro atoms. The van der Waals surface area contributed by atoms with E-state index in [1.54, 1.807) is 30.5 Å². The van der Waals surface area contributed by atoms with Crippen molar-refractivity contribution in [1.82, 2.24) is 20.6 Å². The van der Waals surface area contributed by atoms with Gasteiger partial charge >= 0.3 is 5.97 Å². The third-order valence-electron chi connectivity index (χ3n) is 5.24. The lowest BCUT2D eigenvalue weighted by Gasteiger charge is -2.23. The number of phenols is 1. The number of hydrogen-bond donors (Lipinski definition) is 6. The lowest BCUT2D eigenvalue weighted by Crippen LogP contribution is -2.55. The van der Waals surface area contributed by atoms with Crippen LogP contribution in [0.5, 0.6) is 5.75 Å². The summed E-state index contributed by atoms with van der Waals surface area (Å²) >= 11 is 0.